The fourth-order valence-electron chi connectivity index (χ4n) is 1.62. The Balaban J connectivity index is 3.02. The molecule has 0 aliphatic heterocycles. The molecule has 1 unspecified atom stereocenters. The molecule has 1 rings (SSSR count). The SMILES string of the molecule is C=CCNC(=O)C(C)OC(=O)c1cc(S(N)(=O)=O)ccc1OC. The van der Waals surface area contributed by atoms with Gasteiger partial charge in [0.15, 0.2) is 6.10 Å². The number of ether oxygens (including phenoxy) is 2. The largest absolute Gasteiger partial charge is 0.496 e. The molecule has 0 bridgehead atoms. The standard InChI is InChI=1S/C14H18N2O6S/c1-4-7-16-13(17)9(2)22-14(18)11-8-10(23(15,19)20)5-6-12(11)21-3/h4-6,8-9H,1,7H2,2-3H3,(H,16,17)(H2,15,19,20). The molecule has 8 nitrogen and oxygen atoms in total. The highest BCUT2D eigenvalue weighted by atomic mass is 32.2. The Bertz CT molecular complexity index is 714. The quantitative estimate of drug-likeness (QED) is 0.538. The number of hydrogen-bond acceptors (Lipinski definition) is 6. The van der Waals surface area contributed by atoms with Crippen molar-refractivity contribution < 1.29 is 27.5 Å². The van der Waals surface area contributed by atoms with Crippen LogP contribution < -0.4 is 15.2 Å². The predicted molar refractivity (Wildman–Crippen MR) is 82.5 cm³/mol. The van der Waals surface area contributed by atoms with E-state index in [-0.39, 0.29) is 22.8 Å². The molecule has 9 heteroatoms. The summed E-state index contributed by atoms with van der Waals surface area (Å²) in [6.45, 7) is 5.06. The van der Waals surface area contributed by atoms with E-state index in [1.165, 1.54) is 32.2 Å². The smallest absolute Gasteiger partial charge is 0.342 e. The number of hydrogen-bond donors (Lipinski definition) is 2. The molecule has 126 valence electrons. The minimum Gasteiger partial charge on any atom is -0.496 e. The topological polar surface area (TPSA) is 125 Å². The number of benzene rings is 1. The molecule has 0 radical (unpaired) electrons. The molecule has 0 spiro atoms. The molecule has 0 aliphatic carbocycles. The summed E-state index contributed by atoms with van der Waals surface area (Å²) in [5.74, 6) is -1.32. The van der Waals surface area contributed by atoms with Crippen LogP contribution in [-0.4, -0.2) is 40.1 Å². The van der Waals surface area contributed by atoms with E-state index in [0.717, 1.165) is 6.07 Å². The highest BCUT2D eigenvalue weighted by Crippen LogP contribution is 2.23. The van der Waals surface area contributed by atoms with Crippen LogP contribution in [0.1, 0.15) is 17.3 Å². The number of nitrogens with two attached hydrogens (primary N) is 1. The summed E-state index contributed by atoms with van der Waals surface area (Å²) in [7, 11) is -2.69. The van der Waals surface area contributed by atoms with E-state index in [1.54, 1.807) is 0 Å². The maximum atomic E-state index is 12.2. The van der Waals surface area contributed by atoms with Crippen LogP contribution in [0.4, 0.5) is 0 Å². The first-order chi connectivity index (χ1) is 10.7. The van der Waals surface area contributed by atoms with Crippen molar-refractivity contribution in [2.24, 2.45) is 5.14 Å². The monoisotopic (exact) mass is 342 g/mol. The Morgan fingerprint density at radius 1 is 1.43 bits per heavy atom. The summed E-state index contributed by atoms with van der Waals surface area (Å²) in [6, 6.07) is 3.51. The van der Waals surface area contributed by atoms with Crippen LogP contribution in [0, 0.1) is 0 Å². The average Bonchev–Trinajstić information content (AvgIpc) is 2.50. The molecule has 3 N–H and O–H groups in total. The molecule has 0 saturated carbocycles. The maximum Gasteiger partial charge on any atom is 0.342 e. The normalized spacial score (nSPS) is 12.1. The third-order valence-electron chi connectivity index (χ3n) is 2.79. The molecule has 0 aliphatic rings. The zero-order valence-electron chi connectivity index (χ0n) is 12.7. The van der Waals surface area contributed by atoms with Crippen molar-refractivity contribution in [1.82, 2.24) is 5.32 Å². The van der Waals surface area contributed by atoms with Gasteiger partial charge >= 0.3 is 5.97 Å². The van der Waals surface area contributed by atoms with Gasteiger partial charge in [-0.1, -0.05) is 6.08 Å². The molecule has 1 amide bonds. The Morgan fingerprint density at radius 2 is 2.09 bits per heavy atom. The number of carbonyl (C=O) groups excluding carboxylic acids is 2. The predicted octanol–water partition coefficient (Wildman–Crippen LogP) is 0.190. The van der Waals surface area contributed by atoms with E-state index in [9.17, 15) is 18.0 Å². The van der Waals surface area contributed by atoms with Crippen molar-refractivity contribution in [3.8, 4) is 5.75 Å². The van der Waals surface area contributed by atoms with Crippen LogP contribution >= 0.6 is 0 Å². The van der Waals surface area contributed by atoms with Crippen molar-refractivity contribution in [2.75, 3.05) is 13.7 Å². The molecule has 1 atom stereocenters. The number of esters is 1. The lowest BCUT2D eigenvalue weighted by atomic mass is 10.2. The summed E-state index contributed by atoms with van der Waals surface area (Å²) in [5.41, 5.74) is -0.151. The first-order valence-corrected chi connectivity index (χ1v) is 8.05. The van der Waals surface area contributed by atoms with Crippen molar-refractivity contribution in [3.05, 3.63) is 36.4 Å². The van der Waals surface area contributed by atoms with Gasteiger partial charge in [-0.3, -0.25) is 4.79 Å². The van der Waals surface area contributed by atoms with Gasteiger partial charge < -0.3 is 14.8 Å². The van der Waals surface area contributed by atoms with Gasteiger partial charge in [-0.25, -0.2) is 18.4 Å². The number of sulfonamides is 1. The highest BCUT2D eigenvalue weighted by Gasteiger charge is 2.23. The molecule has 0 heterocycles. The molecule has 0 saturated heterocycles. The lowest BCUT2D eigenvalue weighted by Gasteiger charge is -2.14. The van der Waals surface area contributed by atoms with Gasteiger partial charge in [0.05, 0.1) is 12.0 Å². The lowest BCUT2D eigenvalue weighted by Crippen LogP contribution is -2.35. The lowest BCUT2D eigenvalue weighted by molar-refractivity contribution is -0.128. The van der Waals surface area contributed by atoms with Gasteiger partial charge in [0, 0.05) is 6.54 Å². The van der Waals surface area contributed by atoms with Crippen molar-refractivity contribution in [1.29, 1.82) is 0 Å². The van der Waals surface area contributed by atoms with Crippen LogP contribution in [0.15, 0.2) is 35.7 Å². The number of nitrogens with one attached hydrogen (secondary N) is 1. The summed E-state index contributed by atoms with van der Waals surface area (Å²) in [5, 5.41) is 7.50. The van der Waals surface area contributed by atoms with Crippen molar-refractivity contribution in [2.45, 2.75) is 17.9 Å². The Kier molecular flexibility index (Phi) is 6.28. The number of amides is 1. The van der Waals surface area contributed by atoms with Gasteiger partial charge in [0.25, 0.3) is 5.91 Å². The Morgan fingerprint density at radius 3 is 2.61 bits per heavy atom. The Hall–Kier alpha value is -2.39. The number of rotatable bonds is 7. The van der Waals surface area contributed by atoms with Crippen LogP contribution in [0.2, 0.25) is 0 Å². The zero-order chi connectivity index (χ0) is 17.6. The second-order valence-electron chi connectivity index (χ2n) is 4.49. The molecule has 0 fully saturated rings. The van der Waals surface area contributed by atoms with Crippen LogP contribution in [0.5, 0.6) is 5.75 Å². The first kappa shape index (κ1) is 18.7. The fraction of sp³-hybridized carbons (Fsp3) is 0.286. The summed E-state index contributed by atoms with van der Waals surface area (Å²) >= 11 is 0. The molecular formula is C14H18N2O6S. The van der Waals surface area contributed by atoms with Gasteiger partial charge in [0.2, 0.25) is 10.0 Å². The van der Waals surface area contributed by atoms with Crippen LogP contribution in [0.25, 0.3) is 0 Å². The van der Waals surface area contributed by atoms with E-state index in [1.807, 2.05) is 0 Å². The van der Waals surface area contributed by atoms with Crippen molar-refractivity contribution >= 4 is 21.9 Å². The van der Waals surface area contributed by atoms with E-state index in [2.05, 4.69) is 11.9 Å². The maximum absolute atomic E-state index is 12.2. The third-order valence-corrected chi connectivity index (χ3v) is 3.70. The van der Waals surface area contributed by atoms with Crippen LogP contribution in [0.3, 0.4) is 0 Å². The molecule has 1 aromatic rings. The summed E-state index contributed by atoms with van der Waals surface area (Å²) < 4.78 is 32.7. The molecule has 1 aromatic carbocycles. The minimum absolute atomic E-state index is 0.0982. The van der Waals surface area contributed by atoms with Crippen molar-refractivity contribution in [3.63, 3.8) is 0 Å². The van der Waals surface area contributed by atoms with E-state index in [4.69, 9.17) is 14.6 Å². The second kappa shape index (κ2) is 7.75. The third kappa shape index (κ3) is 5.08. The molecule has 0 aromatic heterocycles. The number of methoxy groups -OCH3 is 1. The molecular weight excluding hydrogens is 324 g/mol. The van der Waals surface area contributed by atoms with Gasteiger partial charge in [-0.2, -0.15) is 0 Å². The van der Waals surface area contributed by atoms with E-state index >= 15 is 0 Å². The summed E-state index contributed by atoms with van der Waals surface area (Å²) in [4.78, 5) is 23.6. The average molecular weight is 342 g/mol. The van der Waals surface area contributed by atoms with E-state index in [0.29, 0.717) is 0 Å². The zero-order valence-corrected chi connectivity index (χ0v) is 13.6. The first-order valence-electron chi connectivity index (χ1n) is 6.51. The van der Waals surface area contributed by atoms with Crippen LogP contribution in [-0.2, 0) is 19.6 Å². The number of primary sulfonamides is 1. The highest BCUT2D eigenvalue weighted by molar-refractivity contribution is 7.89. The van der Waals surface area contributed by atoms with Gasteiger partial charge in [0.1, 0.15) is 11.3 Å². The fourth-order valence-corrected chi connectivity index (χ4v) is 2.16. The van der Waals surface area contributed by atoms with E-state index < -0.39 is 28.0 Å². The second-order valence-corrected chi connectivity index (χ2v) is 6.05. The molecule has 23 heavy (non-hydrogen) atoms. The Labute approximate surface area is 134 Å². The number of carbonyl (C=O) groups is 2. The van der Waals surface area contributed by atoms with Gasteiger partial charge in [-0.15, -0.1) is 6.58 Å². The minimum atomic E-state index is -3.99. The summed E-state index contributed by atoms with van der Waals surface area (Å²) in [6.07, 6.45) is 0.399. The van der Waals surface area contributed by atoms with Gasteiger partial charge in [-0.05, 0) is 25.1 Å².